The molecule has 3 aliphatic heterocycles. The lowest BCUT2D eigenvalue weighted by molar-refractivity contribution is -0.139. The van der Waals surface area contributed by atoms with E-state index in [9.17, 15) is 4.79 Å². The number of nitrogens with zero attached hydrogens (tertiary/aromatic N) is 1. The van der Waals surface area contributed by atoms with E-state index in [0.717, 1.165) is 31.7 Å². The van der Waals surface area contributed by atoms with E-state index in [4.69, 9.17) is 21.4 Å². The van der Waals surface area contributed by atoms with Crippen LogP contribution >= 0.6 is 11.6 Å². The molecule has 0 aromatic heterocycles. The molecule has 2 atom stereocenters. The van der Waals surface area contributed by atoms with E-state index >= 15 is 0 Å². The maximum absolute atomic E-state index is 10.7. The number of piperidine rings is 1. The Morgan fingerprint density at radius 3 is 3.00 bits per heavy atom. The Hall–Kier alpha value is -1.30. The molecule has 6 heteroatoms. The van der Waals surface area contributed by atoms with Crippen LogP contribution in [-0.2, 0) is 11.3 Å². The van der Waals surface area contributed by atoms with E-state index < -0.39 is 5.97 Å². The van der Waals surface area contributed by atoms with Gasteiger partial charge in [0, 0.05) is 36.3 Å². The Balaban J connectivity index is 1.72. The number of carboxylic acids is 1. The first-order valence-electron chi connectivity index (χ1n) is 7.69. The van der Waals surface area contributed by atoms with Gasteiger partial charge in [-0.05, 0) is 43.5 Å². The smallest absolute Gasteiger partial charge is 0.341 e. The van der Waals surface area contributed by atoms with Crippen molar-refractivity contribution in [1.29, 1.82) is 0 Å². The lowest BCUT2D eigenvalue weighted by atomic mass is 9.97. The molecule has 3 heterocycles. The van der Waals surface area contributed by atoms with Gasteiger partial charge in [0.25, 0.3) is 0 Å². The number of rotatable bonds is 5. The number of nitrogens with one attached hydrogen (secondary N) is 1. The van der Waals surface area contributed by atoms with Crippen molar-refractivity contribution in [2.24, 2.45) is 5.92 Å². The zero-order valence-electron chi connectivity index (χ0n) is 12.4. The molecule has 120 valence electrons. The SMILES string of the molecule is O=C(O)COc1ccc(Cl)cc1CN1C[C@H]2CC[C@@H](C1)NC2. The van der Waals surface area contributed by atoms with Crippen LogP contribution in [-0.4, -0.2) is 48.3 Å². The fourth-order valence-electron chi connectivity index (χ4n) is 3.36. The second-order valence-electron chi connectivity index (χ2n) is 6.18. The van der Waals surface area contributed by atoms with Crippen molar-refractivity contribution in [2.45, 2.75) is 25.4 Å². The first-order chi connectivity index (χ1) is 10.6. The number of fused-ring (bicyclic) bond motifs is 4. The predicted octanol–water partition coefficient (Wildman–Crippen LogP) is 1.99. The van der Waals surface area contributed by atoms with Crippen LogP contribution < -0.4 is 10.1 Å². The number of carboxylic acid groups (broad SMARTS) is 1. The average Bonchev–Trinajstić information content (AvgIpc) is 2.78. The Kier molecular flexibility index (Phi) is 4.86. The third-order valence-corrected chi connectivity index (χ3v) is 4.62. The molecule has 0 amide bonds. The first-order valence-corrected chi connectivity index (χ1v) is 8.06. The number of hydrogen-bond acceptors (Lipinski definition) is 4. The topological polar surface area (TPSA) is 61.8 Å². The number of ether oxygens (including phenoxy) is 1. The van der Waals surface area contributed by atoms with Crippen molar-refractivity contribution in [1.82, 2.24) is 10.2 Å². The molecule has 3 fully saturated rings. The molecule has 0 aliphatic carbocycles. The monoisotopic (exact) mass is 324 g/mol. The highest BCUT2D eigenvalue weighted by Crippen LogP contribution is 2.27. The summed E-state index contributed by atoms with van der Waals surface area (Å²) in [6.45, 7) is 3.58. The van der Waals surface area contributed by atoms with Gasteiger partial charge in [0.2, 0.25) is 0 Å². The number of carbonyl (C=O) groups is 1. The predicted molar refractivity (Wildman–Crippen MR) is 84.4 cm³/mol. The Bertz CT molecular complexity index is 530. The maximum Gasteiger partial charge on any atom is 0.341 e. The molecular weight excluding hydrogens is 304 g/mol. The van der Waals surface area contributed by atoms with Gasteiger partial charge >= 0.3 is 5.97 Å². The van der Waals surface area contributed by atoms with E-state index in [0.29, 0.717) is 22.7 Å². The first kappa shape index (κ1) is 15.6. The van der Waals surface area contributed by atoms with Gasteiger partial charge in [-0.3, -0.25) is 4.90 Å². The maximum atomic E-state index is 10.7. The summed E-state index contributed by atoms with van der Waals surface area (Å²) in [6.07, 6.45) is 2.52. The third kappa shape index (κ3) is 3.91. The zero-order chi connectivity index (χ0) is 15.5. The molecule has 2 bridgehead atoms. The molecule has 0 spiro atoms. The molecule has 3 saturated heterocycles. The van der Waals surface area contributed by atoms with Crippen molar-refractivity contribution in [3.05, 3.63) is 28.8 Å². The van der Waals surface area contributed by atoms with Crippen molar-refractivity contribution >= 4 is 17.6 Å². The average molecular weight is 325 g/mol. The van der Waals surface area contributed by atoms with Crippen LogP contribution in [0.5, 0.6) is 5.75 Å². The van der Waals surface area contributed by atoms with Gasteiger partial charge in [-0.2, -0.15) is 0 Å². The summed E-state index contributed by atoms with van der Waals surface area (Å²) in [6, 6.07) is 5.92. The molecule has 22 heavy (non-hydrogen) atoms. The second kappa shape index (κ2) is 6.86. The summed E-state index contributed by atoms with van der Waals surface area (Å²) >= 11 is 6.10. The van der Waals surface area contributed by atoms with Crippen LogP contribution in [0.15, 0.2) is 18.2 Å². The Labute approximate surface area is 135 Å². The van der Waals surface area contributed by atoms with Gasteiger partial charge in [-0.1, -0.05) is 11.6 Å². The highest BCUT2D eigenvalue weighted by molar-refractivity contribution is 6.30. The molecule has 5 nitrogen and oxygen atoms in total. The van der Waals surface area contributed by atoms with Crippen LogP contribution in [0, 0.1) is 5.92 Å². The largest absolute Gasteiger partial charge is 0.482 e. The number of aliphatic carboxylic acids is 1. The number of benzene rings is 1. The highest BCUT2D eigenvalue weighted by atomic mass is 35.5. The lowest BCUT2D eigenvalue weighted by Crippen LogP contribution is -2.39. The Morgan fingerprint density at radius 2 is 2.27 bits per heavy atom. The van der Waals surface area contributed by atoms with Crippen molar-refractivity contribution < 1.29 is 14.6 Å². The number of hydrogen-bond donors (Lipinski definition) is 2. The minimum Gasteiger partial charge on any atom is -0.482 e. The van der Waals surface area contributed by atoms with Gasteiger partial charge in [-0.15, -0.1) is 0 Å². The summed E-state index contributed by atoms with van der Waals surface area (Å²) in [7, 11) is 0. The molecule has 1 aromatic rings. The second-order valence-corrected chi connectivity index (χ2v) is 6.61. The fraction of sp³-hybridized carbons (Fsp3) is 0.562. The summed E-state index contributed by atoms with van der Waals surface area (Å²) < 4.78 is 5.40. The van der Waals surface area contributed by atoms with Crippen LogP contribution in [0.4, 0.5) is 0 Å². The molecule has 4 rings (SSSR count). The van der Waals surface area contributed by atoms with E-state index in [1.54, 1.807) is 12.1 Å². The fourth-order valence-corrected chi connectivity index (χ4v) is 3.55. The molecule has 0 radical (unpaired) electrons. The minimum absolute atomic E-state index is 0.332. The summed E-state index contributed by atoms with van der Waals surface area (Å²) in [4.78, 5) is 13.1. The van der Waals surface area contributed by atoms with E-state index in [1.807, 2.05) is 6.07 Å². The van der Waals surface area contributed by atoms with Crippen molar-refractivity contribution in [3.63, 3.8) is 0 Å². The van der Waals surface area contributed by atoms with Crippen LogP contribution in [0.2, 0.25) is 5.02 Å². The van der Waals surface area contributed by atoms with Gasteiger partial charge in [0.1, 0.15) is 5.75 Å². The van der Waals surface area contributed by atoms with Gasteiger partial charge in [0.05, 0.1) is 0 Å². The quantitative estimate of drug-likeness (QED) is 0.867. The minimum atomic E-state index is -0.974. The molecule has 1 aromatic carbocycles. The van der Waals surface area contributed by atoms with Gasteiger partial charge < -0.3 is 15.2 Å². The van der Waals surface area contributed by atoms with E-state index in [1.165, 1.54) is 12.8 Å². The summed E-state index contributed by atoms with van der Waals surface area (Å²) in [5.41, 5.74) is 0.954. The van der Waals surface area contributed by atoms with E-state index in [2.05, 4.69) is 10.2 Å². The van der Waals surface area contributed by atoms with E-state index in [-0.39, 0.29) is 6.61 Å². The Morgan fingerprint density at radius 1 is 1.41 bits per heavy atom. The zero-order valence-corrected chi connectivity index (χ0v) is 13.2. The summed E-state index contributed by atoms with van der Waals surface area (Å²) in [5, 5.41) is 13.0. The van der Waals surface area contributed by atoms with Gasteiger partial charge in [0.15, 0.2) is 6.61 Å². The third-order valence-electron chi connectivity index (χ3n) is 4.38. The molecule has 0 unspecified atom stereocenters. The highest BCUT2D eigenvalue weighted by Gasteiger charge is 2.29. The lowest BCUT2D eigenvalue weighted by Gasteiger charge is -2.23. The number of halogens is 1. The van der Waals surface area contributed by atoms with Crippen molar-refractivity contribution in [2.75, 3.05) is 26.2 Å². The molecule has 3 aliphatic rings. The molecule has 2 N–H and O–H groups in total. The van der Waals surface area contributed by atoms with Crippen LogP contribution in [0.1, 0.15) is 18.4 Å². The van der Waals surface area contributed by atoms with Crippen LogP contribution in [0.3, 0.4) is 0 Å². The standard InChI is InChI=1S/C16H21ClN2O3/c17-13-2-4-15(22-10-16(20)21)12(5-13)8-19-7-11-1-3-14(9-19)18-6-11/h2,4-5,11,14,18H,1,3,6-10H2,(H,20,21)/t11-,14-/m0/s1. The molecular formula is C16H21ClN2O3. The summed E-state index contributed by atoms with van der Waals surface area (Å²) in [5.74, 6) is 0.329. The normalized spacial score (nSPS) is 25.0. The van der Waals surface area contributed by atoms with Crippen molar-refractivity contribution in [3.8, 4) is 5.75 Å². The molecule has 0 saturated carbocycles. The van der Waals surface area contributed by atoms with Gasteiger partial charge in [-0.25, -0.2) is 4.79 Å². The van der Waals surface area contributed by atoms with Crippen LogP contribution in [0.25, 0.3) is 0 Å².